The van der Waals surface area contributed by atoms with Crippen LogP contribution < -0.4 is 0 Å². The molecule has 0 spiro atoms. The Morgan fingerprint density at radius 3 is 2.82 bits per heavy atom. The number of methoxy groups -OCH3 is 1. The molecular formula is C16H20N4O2. The fraction of sp³-hybridized carbons (Fsp3) is 0.438. The molecule has 116 valence electrons. The highest BCUT2D eigenvalue weighted by Crippen LogP contribution is 2.33. The van der Waals surface area contributed by atoms with E-state index in [2.05, 4.69) is 15.2 Å². The SMILES string of the molecule is COC[C@@H]1CN(C(=O)c2cn[nH]c2C)C[C@H]1c1ccncc1. The van der Waals surface area contributed by atoms with E-state index in [1.807, 2.05) is 24.0 Å². The number of likely N-dealkylation sites (tertiary alicyclic amines) is 1. The summed E-state index contributed by atoms with van der Waals surface area (Å²) in [7, 11) is 1.70. The van der Waals surface area contributed by atoms with Crippen LogP contribution in [0.15, 0.2) is 30.7 Å². The minimum Gasteiger partial charge on any atom is -0.384 e. The van der Waals surface area contributed by atoms with Crippen LogP contribution in [0.1, 0.15) is 27.5 Å². The summed E-state index contributed by atoms with van der Waals surface area (Å²) >= 11 is 0. The van der Waals surface area contributed by atoms with Crippen LogP contribution in [-0.4, -0.2) is 52.8 Å². The average molecular weight is 300 g/mol. The number of aromatic nitrogens is 3. The Morgan fingerprint density at radius 1 is 1.41 bits per heavy atom. The Bertz CT molecular complexity index is 641. The number of carbonyl (C=O) groups is 1. The van der Waals surface area contributed by atoms with E-state index in [-0.39, 0.29) is 11.8 Å². The van der Waals surface area contributed by atoms with Crippen molar-refractivity contribution in [2.24, 2.45) is 5.92 Å². The van der Waals surface area contributed by atoms with Gasteiger partial charge in [-0.15, -0.1) is 0 Å². The minimum atomic E-state index is 0.0314. The molecule has 3 heterocycles. The van der Waals surface area contributed by atoms with Crippen molar-refractivity contribution in [3.63, 3.8) is 0 Å². The third-order valence-electron chi connectivity index (χ3n) is 4.30. The zero-order valence-electron chi connectivity index (χ0n) is 12.8. The standard InChI is InChI=1S/C16H20N4O2/c1-11-14(7-18-19-11)16(21)20-8-13(10-22-2)15(9-20)12-3-5-17-6-4-12/h3-7,13,15H,8-10H2,1-2H3,(H,18,19)/t13-,15-/m0/s1. The van der Waals surface area contributed by atoms with E-state index in [0.717, 1.165) is 5.69 Å². The quantitative estimate of drug-likeness (QED) is 0.931. The van der Waals surface area contributed by atoms with Crippen LogP contribution >= 0.6 is 0 Å². The summed E-state index contributed by atoms with van der Waals surface area (Å²) in [4.78, 5) is 18.6. The number of nitrogens with zero attached hydrogens (tertiary/aromatic N) is 3. The van der Waals surface area contributed by atoms with E-state index in [1.54, 1.807) is 25.7 Å². The predicted molar refractivity (Wildman–Crippen MR) is 81.6 cm³/mol. The summed E-state index contributed by atoms with van der Waals surface area (Å²) in [5.41, 5.74) is 2.66. The molecule has 0 aromatic carbocycles. The van der Waals surface area contributed by atoms with Gasteiger partial charge in [0.25, 0.3) is 5.91 Å². The maximum absolute atomic E-state index is 12.7. The molecule has 1 aliphatic rings. The van der Waals surface area contributed by atoms with Gasteiger partial charge in [0.05, 0.1) is 18.4 Å². The maximum Gasteiger partial charge on any atom is 0.257 e. The molecule has 1 saturated heterocycles. The molecule has 2 aromatic rings. The lowest BCUT2D eigenvalue weighted by Crippen LogP contribution is -2.29. The van der Waals surface area contributed by atoms with Gasteiger partial charge in [0.15, 0.2) is 0 Å². The van der Waals surface area contributed by atoms with E-state index in [1.165, 1.54) is 5.56 Å². The minimum absolute atomic E-state index is 0.0314. The zero-order chi connectivity index (χ0) is 15.5. The van der Waals surface area contributed by atoms with Crippen LogP contribution in [0.3, 0.4) is 0 Å². The Kier molecular flexibility index (Phi) is 4.20. The Balaban J connectivity index is 1.81. The third kappa shape index (κ3) is 2.74. The molecule has 0 bridgehead atoms. The highest BCUT2D eigenvalue weighted by molar-refractivity contribution is 5.95. The van der Waals surface area contributed by atoms with Gasteiger partial charge < -0.3 is 9.64 Å². The van der Waals surface area contributed by atoms with Gasteiger partial charge in [-0.3, -0.25) is 14.9 Å². The third-order valence-corrected chi connectivity index (χ3v) is 4.30. The fourth-order valence-electron chi connectivity index (χ4n) is 3.14. The van der Waals surface area contributed by atoms with Gasteiger partial charge >= 0.3 is 0 Å². The Morgan fingerprint density at radius 2 is 2.18 bits per heavy atom. The first-order chi connectivity index (χ1) is 10.7. The molecule has 0 unspecified atom stereocenters. The Hall–Kier alpha value is -2.21. The smallest absolute Gasteiger partial charge is 0.257 e. The second kappa shape index (κ2) is 6.27. The van der Waals surface area contributed by atoms with Crippen molar-refractivity contribution in [2.45, 2.75) is 12.8 Å². The highest BCUT2D eigenvalue weighted by atomic mass is 16.5. The van der Waals surface area contributed by atoms with E-state index in [9.17, 15) is 4.79 Å². The first-order valence-electron chi connectivity index (χ1n) is 7.38. The molecule has 1 N–H and O–H groups in total. The number of amides is 1. The van der Waals surface area contributed by atoms with Crippen molar-refractivity contribution in [1.29, 1.82) is 0 Å². The molecule has 3 rings (SSSR count). The first kappa shape index (κ1) is 14.7. The molecule has 0 saturated carbocycles. The number of rotatable bonds is 4. The summed E-state index contributed by atoms with van der Waals surface area (Å²) in [6.07, 6.45) is 5.19. The number of hydrogen-bond donors (Lipinski definition) is 1. The van der Waals surface area contributed by atoms with Crippen molar-refractivity contribution in [3.8, 4) is 0 Å². The number of aromatic amines is 1. The maximum atomic E-state index is 12.7. The topological polar surface area (TPSA) is 71.1 Å². The molecule has 6 nitrogen and oxygen atoms in total. The van der Waals surface area contributed by atoms with Crippen LogP contribution in [0.4, 0.5) is 0 Å². The van der Waals surface area contributed by atoms with Crippen LogP contribution in [0.25, 0.3) is 0 Å². The number of hydrogen-bond acceptors (Lipinski definition) is 4. The molecule has 1 aliphatic heterocycles. The van der Waals surface area contributed by atoms with E-state index >= 15 is 0 Å². The zero-order valence-corrected chi connectivity index (χ0v) is 12.8. The molecule has 2 aromatic heterocycles. The number of carbonyl (C=O) groups excluding carboxylic acids is 1. The first-order valence-corrected chi connectivity index (χ1v) is 7.38. The number of ether oxygens (including phenoxy) is 1. The van der Waals surface area contributed by atoms with E-state index in [0.29, 0.717) is 31.2 Å². The van der Waals surface area contributed by atoms with Crippen molar-refractivity contribution < 1.29 is 9.53 Å². The van der Waals surface area contributed by atoms with Crippen molar-refractivity contribution in [1.82, 2.24) is 20.1 Å². The van der Waals surface area contributed by atoms with Crippen LogP contribution in [0, 0.1) is 12.8 Å². The van der Waals surface area contributed by atoms with Gasteiger partial charge in [-0.2, -0.15) is 5.10 Å². The van der Waals surface area contributed by atoms with Gasteiger partial charge in [-0.25, -0.2) is 0 Å². The van der Waals surface area contributed by atoms with Crippen molar-refractivity contribution in [3.05, 3.63) is 47.5 Å². The lowest BCUT2D eigenvalue weighted by molar-refractivity contribution is 0.0775. The average Bonchev–Trinajstić information content (AvgIpc) is 3.14. The summed E-state index contributed by atoms with van der Waals surface area (Å²) in [6, 6.07) is 4.04. The molecule has 1 amide bonds. The molecule has 0 radical (unpaired) electrons. The van der Waals surface area contributed by atoms with Gasteiger partial charge in [0.1, 0.15) is 0 Å². The second-order valence-electron chi connectivity index (χ2n) is 5.72. The van der Waals surface area contributed by atoms with Gasteiger partial charge in [0, 0.05) is 50.1 Å². The molecule has 22 heavy (non-hydrogen) atoms. The monoisotopic (exact) mass is 300 g/mol. The summed E-state index contributed by atoms with van der Waals surface area (Å²) in [5.74, 6) is 0.603. The summed E-state index contributed by atoms with van der Waals surface area (Å²) in [6.45, 7) is 3.90. The second-order valence-corrected chi connectivity index (χ2v) is 5.72. The largest absolute Gasteiger partial charge is 0.384 e. The van der Waals surface area contributed by atoms with Crippen LogP contribution in [-0.2, 0) is 4.74 Å². The number of nitrogens with one attached hydrogen (secondary N) is 1. The predicted octanol–water partition coefficient (Wildman–Crippen LogP) is 1.62. The normalized spacial score (nSPS) is 21.3. The van der Waals surface area contributed by atoms with Gasteiger partial charge in [-0.05, 0) is 24.6 Å². The number of pyridine rings is 1. The highest BCUT2D eigenvalue weighted by Gasteiger charge is 2.36. The van der Waals surface area contributed by atoms with Crippen LogP contribution in [0.2, 0.25) is 0 Å². The summed E-state index contributed by atoms with van der Waals surface area (Å²) < 4.78 is 5.35. The van der Waals surface area contributed by atoms with Crippen molar-refractivity contribution >= 4 is 5.91 Å². The molecule has 1 fully saturated rings. The molecule has 0 aliphatic carbocycles. The summed E-state index contributed by atoms with van der Waals surface area (Å²) in [5, 5.41) is 6.76. The van der Waals surface area contributed by atoms with E-state index < -0.39 is 0 Å². The molecular weight excluding hydrogens is 280 g/mol. The van der Waals surface area contributed by atoms with Gasteiger partial charge in [0.2, 0.25) is 0 Å². The van der Waals surface area contributed by atoms with Crippen LogP contribution in [0.5, 0.6) is 0 Å². The number of aryl methyl sites for hydroxylation is 1. The lowest BCUT2D eigenvalue weighted by atomic mass is 9.90. The van der Waals surface area contributed by atoms with Gasteiger partial charge in [-0.1, -0.05) is 0 Å². The lowest BCUT2D eigenvalue weighted by Gasteiger charge is -2.17. The fourth-order valence-corrected chi connectivity index (χ4v) is 3.14. The molecule has 6 heteroatoms. The Labute approximate surface area is 129 Å². The van der Waals surface area contributed by atoms with E-state index in [4.69, 9.17) is 4.74 Å². The number of H-pyrrole nitrogens is 1. The van der Waals surface area contributed by atoms with Crippen molar-refractivity contribution in [2.75, 3.05) is 26.8 Å². The molecule has 2 atom stereocenters.